The van der Waals surface area contributed by atoms with Crippen LogP contribution in [0.5, 0.6) is 0 Å². The van der Waals surface area contributed by atoms with E-state index in [-0.39, 0.29) is 11.8 Å². The molecule has 2 rings (SSSR count). The van der Waals surface area contributed by atoms with Crippen LogP contribution in [-0.4, -0.2) is 34.8 Å². The maximum atomic E-state index is 11.8. The highest BCUT2D eigenvalue weighted by Gasteiger charge is 2.32. The number of nitrogens with zero attached hydrogens (tertiary/aromatic N) is 2. The predicted molar refractivity (Wildman–Crippen MR) is 75.7 cm³/mol. The molecule has 0 aliphatic carbocycles. The molecule has 1 N–H and O–H groups in total. The maximum Gasteiger partial charge on any atom is 0.256 e. The van der Waals surface area contributed by atoms with Crippen molar-refractivity contribution < 1.29 is 9.59 Å². The smallest absolute Gasteiger partial charge is 0.256 e. The van der Waals surface area contributed by atoms with Crippen LogP contribution in [0, 0.1) is 0 Å². The fourth-order valence-electron chi connectivity index (χ4n) is 2.12. The molecule has 0 saturated carbocycles. The molecular formula is C15H19N3O2. The van der Waals surface area contributed by atoms with E-state index >= 15 is 0 Å². The van der Waals surface area contributed by atoms with E-state index in [0.29, 0.717) is 17.7 Å². The van der Waals surface area contributed by atoms with Crippen molar-refractivity contribution in [1.29, 1.82) is 0 Å². The number of hydrogen-bond acceptors (Lipinski definition) is 4. The van der Waals surface area contributed by atoms with Crippen LogP contribution in [0.15, 0.2) is 35.7 Å². The Hall–Kier alpha value is -2.01. The Morgan fingerprint density at radius 1 is 1.20 bits per heavy atom. The van der Waals surface area contributed by atoms with Crippen molar-refractivity contribution in [3.8, 4) is 0 Å². The van der Waals surface area contributed by atoms with Crippen molar-refractivity contribution in [2.24, 2.45) is 0 Å². The van der Waals surface area contributed by atoms with E-state index < -0.39 is 0 Å². The van der Waals surface area contributed by atoms with Gasteiger partial charge in [-0.25, -0.2) is 0 Å². The first-order chi connectivity index (χ1) is 9.61. The molecule has 1 aromatic heterocycles. The van der Waals surface area contributed by atoms with Crippen molar-refractivity contribution in [3.05, 3.63) is 41.2 Å². The number of hydrogen-bond donors (Lipinski definition) is 1. The number of amides is 2. The van der Waals surface area contributed by atoms with Gasteiger partial charge in [-0.15, -0.1) is 0 Å². The van der Waals surface area contributed by atoms with Gasteiger partial charge in [-0.1, -0.05) is 6.07 Å². The summed E-state index contributed by atoms with van der Waals surface area (Å²) in [5.74, 6) is -0.306. The number of imide groups is 1. The molecule has 106 valence electrons. The minimum Gasteiger partial charge on any atom is -0.313 e. The average Bonchev–Trinajstić information content (AvgIpc) is 2.65. The highest BCUT2D eigenvalue weighted by atomic mass is 16.2. The van der Waals surface area contributed by atoms with Crippen LogP contribution in [-0.2, 0) is 16.1 Å². The van der Waals surface area contributed by atoms with Gasteiger partial charge in [-0.3, -0.25) is 19.5 Å². The molecule has 1 aliphatic rings. The van der Waals surface area contributed by atoms with Crippen LogP contribution in [0.4, 0.5) is 0 Å². The lowest BCUT2D eigenvalue weighted by Crippen LogP contribution is -2.33. The third-order valence-electron chi connectivity index (χ3n) is 3.48. The molecule has 1 aliphatic heterocycles. The first kappa shape index (κ1) is 14.4. The molecule has 0 saturated heterocycles. The number of nitrogens with one attached hydrogen (secondary N) is 1. The van der Waals surface area contributed by atoms with Crippen molar-refractivity contribution in [2.45, 2.75) is 26.8 Å². The summed E-state index contributed by atoms with van der Waals surface area (Å²) in [6, 6.07) is 3.90. The Bertz CT molecular complexity index is 513. The molecular weight excluding hydrogens is 254 g/mol. The topological polar surface area (TPSA) is 62.3 Å². The zero-order valence-corrected chi connectivity index (χ0v) is 11.8. The van der Waals surface area contributed by atoms with E-state index in [2.05, 4.69) is 10.3 Å². The summed E-state index contributed by atoms with van der Waals surface area (Å²) in [4.78, 5) is 29.0. The van der Waals surface area contributed by atoms with E-state index in [1.165, 1.54) is 4.90 Å². The van der Waals surface area contributed by atoms with Crippen LogP contribution < -0.4 is 5.32 Å². The van der Waals surface area contributed by atoms with Gasteiger partial charge in [0.05, 0.1) is 0 Å². The average molecular weight is 273 g/mol. The van der Waals surface area contributed by atoms with E-state index in [4.69, 9.17) is 0 Å². The molecule has 20 heavy (non-hydrogen) atoms. The van der Waals surface area contributed by atoms with Crippen LogP contribution >= 0.6 is 0 Å². The van der Waals surface area contributed by atoms with Crippen molar-refractivity contribution in [3.63, 3.8) is 0 Å². The molecule has 5 nitrogen and oxygen atoms in total. The largest absolute Gasteiger partial charge is 0.313 e. The Balaban J connectivity index is 1.70. The Kier molecular flexibility index (Phi) is 4.63. The lowest BCUT2D eigenvalue weighted by atomic mass is 10.2. The third-order valence-corrected chi connectivity index (χ3v) is 3.48. The quantitative estimate of drug-likeness (QED) is 0.626. The molecule has 5 heteroatoms. The number of carbonyl (C=O) groups excluding carboxylic acids is 2. The molecule has 0 atom stereocenters. The molecule has 0 radical (unpaired) electrons. The maximum absolute atomic E-state index is 11.8. The first-order valence-corrected chi connectivity index (χ1v) is 6.74. The van der Waals surface area contributed by atoms with Gasteiger partial charge >= 0.3 is 0 Å². The minimum absolute atomic E-state index is 0.153. The molecule has 0 unspecified atom stereocenters. The van der Waals surface area contributed by atoms with Gasteiger partial charge in [0.2, 0.25) is 0 Å². The molecule has 0 bridgehead atoms. The van der Waals surface area contributed by atoms with Gasteiger partial charge in [0.1, 0.15) is 0 Å². The summed E-state index contributed by atoms with van der Waals surface area (Å²) in [6.45, 7) is 5.37. The molecule has 0 spiro atoms. The number of rotatable bonds is 6. The molecule has 0 fully saturated rings. The van der Waals surface area contributed by atoms with E-state index in [9.17, 15) is 9.59 Å². The molecule has 1 aromatic rings. The van der Waals surface area contributed by atoms with Gasteiger partial charge in [0, 0.05) is 36.6 Å². The van der Waals surface area contributed by atoms with E-state index in [0.717, 1.165) is 25.1 Å². The van der Waals surface area contributed by atoms with Gasteiger partial charge < -0.3 is 5.32 Å². The minimum atomic E-state index is -0.153. The lowest BCUT2D eigenvalue weighted by Gasteiger charge is -2.14. The van der Waals surface area contributed by atoms with Crippen LogP contribution in [0.2, 0.25) is 0 Å². The van der Waals surface area contributed by atoms with Gasteiger partial charge in [0.25, 0.3) is 11.8 Å². The fourth-order valence-corrected chi connectivity index (χ4v) is 2.12. The third kappa shape index (κ3) is 3.11. The molecule has 2 amide bonds. The van der Waals surface area contributed by atoms with Crippen molar-refractivity contribution in [1.82, 2.24) is 15.2 Å². The van der Waals surface area contributed by atoms with Crippen LogP contribution in [0.1, 0.15) is 25.8 Å². The SMILES string of the molecule is CC1=C(C)C(=O)N(CCCNCc2cccnc2)C1=O. The second-order valence-corrected chi connectivity index (χ2v) is 4.90. The Morgan fingerprint density at radius 2 is 1.90 bits per heavy atom. The second-order valence-electron chi connectivity index (χ2n) is 4.90. The van der Waals surface area contributed by atoms with E-state index in [1.807, 2.05) is 18.3 Å². The summed E-state index contributed by atoms with van der Waals surface area (Å²) in [7, 11) is 0. The van der Waals surface area contributed by atoms with Gasteiger partial charge in [-0.05, 0) is 38.4 Å². The summed E-state index contributed by atoms with van der Waals surface area (Å²) in [6.07, 6.45) is 4.31. The predicted octanol–water partition coefficient (Wildman–Crippen LogP) is 1.27. The fraction of sp³-hybridized carbons (Fsp3) is 0.400. The number of aromatic nitrogens is 1. The van der Waals surface area contributed by atoms with Crippen LogP contribution in [0.25, 0.3) is 0 Å². The first-order valence-electron chi connectivity index (χ1n) is 6.74. The zero-order chi connectivity index (χ0) is 14.5. The van der Waals surface area contributed by atoms with Crippen molar-refractivity contribution >= 4 is 11.8 Å². The monoisotopic (exact) mass is 273 g/mol. The van der Waals surface area contributed by atoms with Crippen molar-refractivity contribution in [2.75, 3.05) is 13.1 Å². The molecule has 0 aromatic carbocycles. The highest BCUT2D eigenvalue weighted by molar-refractivity contribution is 6.18. The standard InChI is InChI=1S/C15H19N3O2/c1-11-12(2)15(20)18(14(11)19)8-4-7-17-10-13-5-3-6-16-9-13/h3,5-6,9,17H,4,7-8,10H2,1-2H3. The lowest BCUT2D eigenvalue weighted by molar-refractivity contribution is -0.137. The summed E-state index contributed by atoms with van der Waals surface area (Å²) in [5, 5.41) is 3.27. The Morgan fingerprint density at radius 3 is 2.50 bits per heavy atom. The van der Waals surface area contributed by atoms with Gasteiger partial charge in [-0.2, -0.15) is 0 Å². The van der Waals surface area contributed by atoms with Gasteiger partial charge in [0.15, 0.2) is 0 Å². The zero-order valence-electron chi connectivity index (χ0n) is 11.8. The van der Waals surface area contributed by atoms with E-state index in [1.54, 1.807) is 20.0 Å². The van der Waals surface area contributed by atoms with Crippen LogP contribution in [0.3, 0.4) is 0 Å². The highest BCUT2D eigenvalue weighted by Crippen LogP contribution is 2.19. The normalized spacial score (nSPS) is 15.4. The number of pyridine rings is 1. The Labute approximate surface area is 118 Å². The summed E-state index contributed by atoms with van der Waals surface area (Å²) >= 11 is 0. The number of carbonyl (C=O) groups is 2. The molecule has 2 heterocycles. The second kappa shape index (κ2) is 6.43. The summed E-state index contributed by atoms with van der Waals surface area (Å²) < 4.78 is 0. The summed E-state index contributed by atoms with van der Waals surface area (Å²) in [5.41, 5.74) is 2.26.